The quantitative estimate of drug-likeness (QED) is 0.411. The Morgan fingerprint density at radius 2 is 1.60 bits per heavy atom. The number of rotatable bonds is 8. The third kappa shape index (κ3) is 5.19. The van der Waals surface area contributed by atoms with Crippen molar-refractivity contribution in [2.24, 2.45) is 0 Å². The van der Waals surface area contributed by atoms with Crippen LogP contribution in [-0.2, 0) is 9.53 Å². The smallest absolute Gasteiger partial charge is 0.407 e. The van der Waals surface area contributed by atoms with E-state index in [1.165, 1.54) is 6.07 Å². The van der Waals surface area contributed by atoms with Gasteiger partial charge in [0.25, 0.3) is 0 Å². The predicted molar refractivity (Wildman–Crippen MR) is 134 cm³/mol. The number of fused-ring (bicyclic) bond motifs is 3. The van der Waals surface area contributed by atoms with Gasteiger partial charge in [-0.05, 0) is 53.3 Å². The zero-order valence-electron chi connectivity index (χ0n) is 19.7. The van der Waals surface area contributed by atoms with Crippen molar-refractivity contribution in [3.05, 3.63) is 89.0 Å². The summed E-state index contributed by atoms with van der Waals surface area (Å²) in [7, 11) is 0. The predicted octanol–water partition coefficient (Wildman–Crippen LogP) is 5.34. The molecule has 3 aromatic rings. The highest BCUT2D eigenvalue weighted by Crippen LogP contribution is 2.44. The van der Waals surface area contributed by atoms with E-state index in [9.17, 15) is 19.5 Å². The molecule has 0 radical (unpaired) electrons. The standard InChI is InChI=1S/C28H28N2O5/c1-3-8-25(26(31)29-18-14-13-17(2)23(15-18)27(32)33)30-28(34)35-16-24-21-11-6-4-9-19(21)20-10-5-7-12-22(20)24/h4-7,9-15,24-25H,3,8,16H2,1-2H3,(H,29,31)(H,30,34)(H,32,33). The normalized spacial score (nSPS) is 12.9. The second-order valence-corrected chi connectivity index (χ2v) is 8.64. The summed E-state index contributed by atoms with van der Waals surface area (Å²) < 4.78 is 5.58. The van der Waals surface area contributed by atoms with Crippen LogP contribution in [0, 0.1) is 6.92 Å². The first-order valence-corrected chi connectivity index (χ1v) is 11.6. The van der Waals surface area contributed by atoms with Crippen molar-refractivity contribution in [1.82, 2.24) is 5.32 Å². The Balaban J connectivity index is 1.41. The summed E-state index contributed by atoms with van der Waals surface area (Å²) in [6.45, 7) is 3.75. The lowest BCUT2D eigenvalue weighted by Crippen LogP contribution is -2.44. The van der Waals surface area contributed by atoms with Crippen LogP contribution in [0.15, 0.2) is 66.7 Å². The summed E-state index contributed by atoms with van der Waals surface area (Å²) in [5.74, 6) is -1.57. The van der Waals surface area contributed by atoms with Gasteiger partial charge in [0, 0.05) is 11.6 Å². The highest BCUT2D eigenvalue weighted by Gasteiger charge is 2.29. The number of alkyl carbamates (subject to hydrolysis) is 1. The molecule has 0 spiro atoms. The van der Waals surface area contributed by atoms with E-state index in [4.69, 9.17) is 4.74 Å². The molecular weight excluding hydrogens is 444 g/mol. The van der Waals surface area contributed by atoms with E-state index in [2.05, 4.69) is 22.8 Å². The molecule has 0 aromatic heterocycles. The average molecular weight is 473 g/mol. The van der Waals surface area contributed by atoms with Crippen LogP contribution in [0.5, 0.6) is 0 Å². The van der Waals surface area contributed by atoms with E-state index in [1.54, 1.807) is 19.1 Å². The summed E-state index contributed by atoms with van der Waals surface area (Å²) in [5.41, 5.74) is 5.56. The van der Waals surface area contributed by atoms with Gasteiger partial charge in [-0.3, -0.25) is 4.79 Å². The number of carboxylic acids is 1. The second kappa shape index (κ2) is 10.4. The maximum atomic E-state index is 12.9. The minimum atomic E-state index is -1.07. The van der Waals surface area contributed by atoms with E-state index in [0.29, 0.717) is 24.1 Å². The SMILES string of the molecule is CCCC(NC(=O)OCC1c2ccccc2-c2ccccc21)C(=O)Nc1ccc(C)c(C(=O)O)c1. The molecular formula is C28H28N2O5. The largest absolute Gasteiger partial charge is 0.478 e. The summed E-state index contributed by atoms with van der Waals surface area (Å²) in [6, 6.07) is 20.0. The summed E-state index contributed by atoms with van der Waals surface area (Å²) in [5, 5.41) is 14.7. The Morgan fingerprint density at radius 3 is 2.20 bits per heavy atom. The van der Waals surface area contributed by atoms with Crippen molar-refractivity contribution in [3.63, 3.8) is 0 Å². The maximum Gasteiger partial charge on any atom is 0.407 e. The number of amides is 2. The highest BCUT2D eigenvalue weighted by molar-refractivity contribution is 5.98. The van der Waals surface area contributed by atoms with Gasteiger partial charge in [-0.2, -0.15) is 0 Å². The number of ether oxygens (including phenoxy) is 1. The Labute approximate surface area is 204 Å². The molecule has 1 atom stereocenters. The third-order valence-electron chi connectivity index (χ3n) is 6.27. The van der Waals surface area contributed by atoms with Crippen LogP contribution in [0.1, 0.15) is 52.7 Å². The van der Waals surface area contributed by atoms with Gasteiger partial charge in [-0.15, -0.1) is 0 Å². The molecule has 35 heavy (non-hydrogen) atoms. The minimum Gasteiger partial charge on any atom is -0.478 e. The minimum absolute atomic E-state index is 0.0754. The number of benzene rings is 3. The average Bonchev–Trinajstić information content (AvgIpc) is 3.17. The Bertz CT molecular complexity index is 1220. The molecule has 0 saturated carbocycles. The van der Waals surface area contributed by atoms with Gasteiger partial charge in [0.2, 0.25) is 5.91 Å². The van der Waals surface area contributed by atoms with E-state index < -0.39 is 24.0 Å². The lowest BCUT2D eigenvalue weighted by Gasteiger charge is -2.19. The molecule has 1 aliphatic rings. The molecule has 4 rings (SSSR count). The van der Waals surface area contributed by atoms with Gasteiger partial charge >= 0.3 is 12.1 Å². The number of hydrogen-bond donors (Lipinski definition) is 3. The van der Waals surface area contributed by atoms with Gasteiger partial charge in [0.1, 0.15) is 12.6 Å². The fourth-order valence-corrected chi connectivity index (χ4v) is 4.50. The van der Waals surface area contributed by atoms with Gasteiger partial charge in [0.15, 0.2) is 0 Å². The summed E-state index contributed by atoms with van der Waals surface area (Å²) in [6.07, 6.45) is 0.402. The first-order valence-electron chi connectivity index (χ1n) is 11.6. The molecule has 1 unspecified atom stereocenters. The lowest BCUT2D eigenvalue weighted by molar-refractivity contribution is -0.118. The van der Waals surface area contributed by atoms with Gasteiger partial charge < -0.3 is 20.5 Å². The molecule has 0 bridgehead atoms. The Kier molecular flexibility index (Phi) is 7.15. The maximum absolute atomic E-state index is 12.9. The zero-order valence-corrected chi connectivity index (χ0v) is 19.7. The number of anilines is 1. The molecule has 0 fully saturated rings. The van der Waals surface area contributed by atoms with Gasteiger partial charge in [0.05, 0.1) is 5.56 Å². The number of aromatic carboxylic acids is 1. The molecule has 7 nitrogen and oxygen atoms in total. The van der Waals surface area contributed by atoms with E-state index in [1.807, 2.05) is 43.3 Å². The molecule has 1 aliphatic carbocycles. The van der Waals surface area contributed by atoms with Crippen LogP contribution in [0.2, 0.25) is 0 Å². The number of carbonyl (C=O) groups excluding carboxylic acids is 2. The monoisotopic (exact) mass is 472 g/mol. The summed E-state index contributed by atoms with van der Waals surface area (Å²) >= 11 is 0. The van der Waals surface area contributed by atoms with Crippen LogP contribution in [-0.4, -0.2) is 35.7 Å². The Hall–Kier alpha value is -4.13. The molecule has 7 heteroatoms. The van der Waals surface area contributed by atoms with Crippen molar-refractivity contribution < 1.29 is 24.2 Å². The fourth-order valence-electron chi connectivity index (χ4n) is 4.50. The van der Waals surface area contributed by atoms with Gasteiger partial charge in [-0.1, -0.05) is 67.9 Å². The van der Waals surface area contributed by atoms with Crippen molar-refractivity contribution >= 4 is 23.7 Å². The molecule has 3 aromatic carbocycles. The van der Waals surface area contributed by atoms with Crippen molar-refractivity contribution in [3.8, 4) is 11.1 Å². The fraction of sp³-hybridized carbons (Fsp3) is 0.250. The van der Waals surface area contributed by atoms with Crippen LogP contribution in [0.4, 0.5) is 10.5 Å². The number of carbonyl (C=O) groups is 3. The third-order valence-corrected chi connectivity index (χ3v) is 6.27. The van der Waals surface area contributed by atoms with Crippen LogP contribution >= 0.6 is 0 Å². The highest BCUT2D eigenvalue weighted by atomic mass is 16.5. The van der Waals surface area contributed by atoms with E-state index >= 15 is 0 Å². The van der Waals surface area contributed by atoms with E-state index in [-0.39, 0.29) is 18.1 Å². The van der Waals surface area contributed by atoms with Crippen LogP contribution in [0.25, 0.3) is 11.1 Å². The first-order chi connectivity index (χ1) is 16.9. The number of nitrogens with one attached hydrogen (secondary N) is 2. The summed E-state index contributed by atoms with van der Waals surface area (Å²) in [4.78, 5) is 36.9. The topological polar surface area (TPSA) is 105 Å². The first kappa shape index (κ1) is 24.0. The molecule has 0 saturated heterocycles. The molecule has 0 aliphatic heterocycles. The van der Waals surface area contributed by atoms with E-state index in [0.717, 1.165) is 22.3 Å². The number of hydrogen-bond acceptors (Lipinski definition) is 4. The van der Waals surface area contributed by atoms with Crippen LogP contribution < -0.4 is 10.6 Å². The lowest BCUT2D eigenvalue weighted by atomic mass is 9.98. The second-order valence-electron chi connectivity index (χ2n) is 8.64. The van der Waals surface area contributed by atoms with Crippen LogP contribution in [0.3, 0.4) is 0 Å². The van der Waals surface area contributed by atoms with Crippen molar-refractivity contribution in [1.29, 1.82) is 0 Å². The molecule has 0 heterocycles. The van der Waals surface area contributed by atoms with Crippen molar-refractivity contribution in [2.45, 2.75) is 38.6 Å². The Morgan fingerprint density at radius 1 is 0.971 bits per heavy atom. The molecule has 180 valence electrons. The van der Waals surface area contributed by atoms with Gasteiger partial charge in [-0.25, -0.2) is 9.59 Å². The molecule has 3 N–H and O–H groups in total. The molecule has 2 amide bonds. The number of aryl methyl sites for hydroxylation is 1. The number of carboxylic acid groups (broad SMARTS) is 1. The van der Waals surface area contributed by atoms with Crippen molar-refractivity contribution in [2.75, 3.05) is 11.9 Å². The zero-order chi connectivity index (χ0) is 24.9.